The molecule has 2 fully saturated rings. The Balaban J connectivity index is 0.000000807. The van der Waals surface area contributed by atoms with Gasteiger partial charge in [0.25, 0.3) is 0 Å². The number of hydrogen-bond donors (Lipinski definition) is 0. The molecule has 0 saturated heterocycles. The molecule has 1 heterocycles. The SMILES string of the molecule is C=O.CC.Cc1ccc(CC(CC2=CCC=N2)C2C[C@H]3CCC[C@H]3C2)cc1CC(C)C. The fourth-order valence-electron chi connectivity index (χ4n) is 6.03. The normalized spacial score (nSPS) is 24.7. The molecule has 4 rings (SSSR count). The molecule has 0 spiro atoms. The summed E-state index contributed by atoms with van der Waals surface area (Å²) in [7, 11) is 0. The van der Waals surface area contributed by atoms with E-state index in [1.54, 1.807) is 11.1 Å². The Bertz CT molecular complexity index is 720. The standard InChI is InChI=1S/C26H37N.C2H6.CH2O/c1-18(2)12-23-13-20(10-9-19(23)3)14-24(17-26-8-5-11-27-26)25-15-21-6-4-7-22(21)16-25;2*1-2/h8-11,13,18,21-22,24-25H,4-7,12,14-17H2,1-3H3;1-2H3;1H2/t21-,22+,24?,25?;;. The molecule has 0 amide bonds. The molecule has 31 heavy (non-hydrogen) atoms. The third-order valence-corrected chi connectivity index (χ3v) is 7.42. The number of nitrogens with zero attached hydrogens (tertiary/aromatic N) is 1. The first kappa shape index (κ1) is 25.6. The van der Waals surface area contributed by atoms with Gasteiger partial charge in [-0.25, -0.2) is 0 Å². The second kappa shape index (κ2) is 13.0. The molecule has 3 aliphatic rings. The van der Waals surface area contributed by atoms with E-state index in [-0.39, 0.29) is 0 Å². The molecule has 0 aromatic heterocycles. The van der Waals surface area contributed by atoms with Crippen molar-refractivity contribution >= 4 is 13.0 Å². The van der Waals surface area contributed by atoms with Crippen LogP contribution in [0.5, 0.6) is 0 Å². The van der Waals surface area contributed by atoms with Crippen molar-refractivity contribution in [1.29, 1.82) is 0 Å². The van der Waals surface area contributed by atoms with Crippen LogP contribution in [0.4, 0.5) is 0 Å². The number of fused-ring (bicyclic) bond motifs is 1. The lowest BCUT2D eigenvalue weighted by molar-refractivity contribution is -0.0979. The van der Waals surface area contributed by atoms with Crippen LogP contribution in [0.1, 0.15) is 89.3 Å². The highest BCUT2D eigenvalue weighted by Gasteiger charge is 2.40. The summed E-state index contributed by atoms with van der Waals surface area (Å²) in [6.45, 7) is 12.9. The summed E-state index contributed by atoms with van der Waals surface area (Å²) in [6, 6.07) is 7.28. The molecule has 2 saturated carbocycles. The Kier molecular flexibility index (Phi) is 10.7. The Morgan fingerprint density at radius 3 is 2.29 bits per heavy atom. The van der Waals surface area contributed by atoms with Crippen molar-refractivity contribution < 1.29 is 4.79 Å². The van der Waals surface area contributed by atoms with Crippen LogP contribution < -0.4 is 0 Å². The van der Waals surface area contributed by atoms with Crippen molar-refractivity contribution in [3.05, 3.63) is 46.7 Å². The van der Waals surface area contributed by atoms with E-state index in [0.29, 0.717) is 0 Å². The monoisotopic (exact) mass is 423 g/mol. The maximum absolute atomic E-state index is 8.00. The van der Waals surface area contributed by atoms with E-state index < -0.39 is 0 Å². The minimum atomic E-state index is 0.724. The van der Waals surface area contributed by atoms with Gasteiger partial charge in [0.15, 0.2) is 0 Å². The van der Waals surface area contributed by atoms with Crippen LogP contribution in [0.25, 0.3) is 0 Å². The highest BCUT2D eigenvalue weighted by atomic mass is 16.1. The van der Waals surface area contributed by atoms with Crippen LogP contribution >= 0.6 is 0 Å². The number of hydrogen-bond acceptors (Lipinski definition) is 2. The van der Waals surface area contributed by atoms with Gasteiger partial charge in [-0.15, -0.1) is 0 Å². The summed E-state index contributed by atoms with van der Waals surface area (Å²) in [5.74, 6) is 4.47. The summed E-state index contributed by atoms with van der Waals surface area (Å²) < 4.78 is 0. The predicted octanol–water partition coefficient (Wildman–Crippen LogP) is 7.77. The lowest BCUT2D eigenvalue weighted by Gasteiger charge is -2.25. The van der Waals surface area contributed by atoms with Crippen molar-refractivity contribution in [2.45, 2.75) is 92.4 Å². The fourth-order valence-corrected chi connectivity index (χ4v) is 6.03. The Morgan fingerprint density at radius 2 is 1.71 bits per heavy atom. The zero-order valence-corrected chi connectivity index (χ0v) is 20.7. The van der Waals surface area contributed by atoms with E-state index in [9.17, 15) is 0 Å². The number of rotatable bonds is 7. The largest absolute Gasteiger partial charge is 0.307 e. The Morgan fingerprint density at radius 1 is 1.03 bits per heavy atom. The number of carbonyl (C=O) groups is 1. The van der Waals surface area contributed by atoms with Gasteiger partial charge in [-0.2, -0.15) is 0 Å². The molecular weight excluding hydrogens is 378 g/mol. The molecule has 172 valence electrons. The highest BCUT2D eigenvalue weighted by molar-refractivity contribution is 5.64. The predicted molar refractivity (Wildman–Crippen MR) is 135 cm³/mol. The van der Waals surface area contributed by atoms with E-state index in [1.165, 1.54) is 62.6 Å². The molecule has 2 unspecified atom stereocenters. The number of aliphatic imine (C=N–C) groups is 1. The highest BCUT2D eigenvalue weighted by Crippen LogP contribution is 2.50. The van der Waals surface area contributed by atoms with Gasteiger partial charge in [0.2, 0.25) is 0 Å². The van der Waals surface area contributed by atoms with Gasteiger partial charge in [-0.05, 0) is 85.3 Å². The van der Waals surface area contributed by atoms with Crippen molar-refractivity contribution in [1.82, 2.24) is 0 Å². The van der Waals surface area contributed by atoms with Crippen molar-refractivity contribution in [3.8, 4) is 0 Å². The van der Waals surface area contributed by atoms with Gasteiger partial charge in [0, 0.05) is 18.3 Å². The quantitative estimate of drug-likeness (QED) is 0.440. The molecule has 1 aromatic carbocycles. The van der Waals surface area contributed by atoms with Crippen LogP contribution in [-0.2, 0) is 17.6 Å². The minimum Gasteiger partial charge on any atom is -0.307 e. The molecule has 1 aromatic rings. The first-order valence-corrected chi connectivity index (χ1v) is 12.7. The summed E-state index contributed by atoms with van der Waals surface area (Å²) in [6.07, 6.45) is 16.6. The average Bonchev–Trinajstić information content (AvgIpc) is 3.50. The molecule has 2 nitrogen and oxygen atoms in total. The van der Waals surface area contributed by atoms with E-state index in [0.717, 1.165) is 36.0 Å². The van der Waals surface area contributed by atoms with Crippen LogP contribution in [0.15, 0.2) is 35.0 Å². The lowest BCUT2D eigenvalue weighted by Crippen LogP contribution is -2.17. The summed E-state index contributed by atoms with van der Waals surface area (Å²) in [5.41, 5.74) is 5.93. The van der Waals surface area contributed by atoms with Crippen LogP contribution in [0.2, 0.25) is 0 Å². The van der Waals surface area contributed by atoms with Gasteiger partial charge in [-0.3, -0.25) is 4.99 Å². The van der Waals surface area contributed by atoms with Gasteiger partial charge in [0.1, 0.15) is 6.79 Å². The number of aryl methyl sites for hydroxylation is 1. The number of carbonyl (C=O) groups excluding carboxylic acids is 1. The third kappa shape index (κ3) is 7.16. The first-order chi connectivity index (χ1) is 15.1. The molecule has 1 aliphatic heterocycles. The third-order valence-electron chi connectivity index (χ3n) is 7.42. The first-order valence-electron chi connectivity index (χ1n) is 12.7. The van der Waals surface area contributed by atoms with Gasteiger partial charge < -0.3 is 4.79 Å². The average molecular weight is 424 g/mol. The lowest BCUT2D eigenvalue weighted by atomic mass is 9.80. The van der Waals surface area contributed by atoms with Gasteiger partial charge in [0.05, 0.1) is 0 Å². The number of allylic oxidation sites excluding steroid dienone is 2. The van der Waals surface area contributed by atoms with Crippen molar-refractivity contribution in [2.24, 2.45) is 34.6 Å². The number of benzene rings is 1. The topological polar surface area (TPSA) is 29.4 Å². The molecule has 2 heteroatoms. The fraction of sp³-hybridized carbons (Fsp3) is 0.655. The molecule has 0 N–H and O–H groups in total. The second-order valence-electron chi connectivity index (χ2n) is 9.95. The van der Waals surface area contributed by atoms with Crippen molar-refractivity contribution in [2.75, 3.05) is 0 Å². The van der Waals surface area contributed by atoms with Crippen LogP contribution in [0.3, 0.4) is 0 Å². The zero-order chi connectivity index (χ0) is 22.8. The minimum absolute atomic E-state index is 0.724. The molecule has 0 radical (unpaired) electrons. The molecule has 2 aliphatic carbocycles. The molecular formula is C29H45NO. The molecule has 4 atom stereocenters. The van der Waals surface area contributed by atoms with Crippen LogP contribution in [0, 0.1) is 36.5 Å². The Hall–Kier alpha value is -1.70. The summed E-state index contributed by atoms with van der Waals surface area (Å²) in [4.78, 5) is 12.7. The van der Waals surface area contributed by atoms with Crippen LogP contribution in [-0.4, -0.2) is 13.0 Å². The van der Waals surface area contributed by atoms with E-state index >= 15 is 0 Å². The maximum Gasteiger partial charge on any atom is 0.106 e. The van der Waals surface area contributed by atoms with Gasteiger partial charge >= 0.3 is 0 Å². The zero-order valence-electron chi connectivity index (χ0n) is 20.7. The summed E-state index contributed by atoms with van der Waals surface area (Å²) >= 11 is 0. The Labute approximate surface area is 191 Å². The van der Waals surface area contributed by atoms with Crippen molar-refractivity contribution in [3.63, 3.8) is 0 Å². The summed E-state index contributed by atoms with van der Waals surface area (Å²) in [5, 5.41) is 0. The maximum atomic E-state index is 8.00. The molecule has 0 bridgehead atoms. The smallest absolute Gasteiger partial charge is 0.106 e. The van der Waals surface area contributed by atoms with E-state index in [1.807, 2.05) is 20.6 Å². The van der Waals surface area contributed by atoms with E-state index in [2.05, 4.69) is 56.3 Å². The second-order valence-corrected chi connectivity index (χ2v) is 9.95. The van der Waals surface area contributed by atoms with Gasteiger partial charge in [-0.1, -0.05) is 71.2 Å². The van der Waals surface area contributed by atoms with E-state index in [4.69, 9.17) is 4.79 Å².